The molecule has 58 valence electrons. The molecule has 0 rings (SSSR count). The van der Waals surface area contributed by atoms with Crippen LogP contribution in [0.5, 0.6) is 0 Å². The monoisotopic (exact) mass is 146 g/mol. The van der Waals surface area contributed by atoms with Gasteiger partial charge in [-0.05, 0) is 6.92 Å². The average molecular weight is 146 g/mol. The van der Waals surface area contributed by atoms with E-state index in [-0.39, 0.29) is 6.54 Å². The number of aliphatic hydroxyl groups is 1. The Morgan fingerprint density at radius 2 is 2.40 bits per heavy atom. The first-order valence-electron chi connectivity index (χ1n) is 2.97. The third-order valence-corrected chi connectivity index (χ3v) is 0.901. The smallest absolute Gasteiger partial charge is 0.250 e. The second-order valence-corrected chi connectivity index (χ2v) is 1.72. The number of nitroso groups, excluding NO2 is 1. The van der Waals surface area contributed by atoms with Gasteiger partial charge < -0.3 is 10.4 Å². The second kappa shape index (κ2) is 4.87. The van der Waals surface area contributed by atoms with Gasteiger partial charge in [0.25, 0.3) is 5.91 Å². The van der Waals surface area contributed by atoms with E-state index in [1.165, 1.54) is 0 Å². The van der Waals surface area contributed by atoms with Crippen molar-refractivity contribution in [1.29, 1.82) is 0 Å². The van der Waals surface area contributed by atoms with Gasteiger partial charge in [-0.1, -0.05) is 5.18 Å². The fourth-order valence-electron chi connectivity index (χ4n) is 0.446. The summed E-state index contributed by atoms with van der Waals surface area (Å²) < 4.78 is 0. The van der Waals surface area contributed by atoms with Gasteiger partial charge in [0.15, 0.2) is 6.10 Å². The summed E-state index contributed by atoms with van der Waals surface area (Å²) in [5.41, 5.74) is 0. The van der Waals surface area contributed by atoms with Gasteiger partial charge in [-0.3, -0.25) is 4.79 Å². The summed E-state index contributed by atoms with van der Waals surface area (Å²) in [5, 5.41) is 13.5. The van der Waals surface area contributed by atoms with E-state index in [0.29, 0.717) is 6.54 Å². The fraction of sp³-hybridized carbons (Fsp3) is 0.800. The summed E-state index contributed by atoms with van der Waals surface area (Å²) in [6.45, 7) is 1.78. The zero-order valence-corrected chi connectivity index (χ0v) is 5.70. The van der Waals surface area contributed by atoms with Gasteiger partial charge >= 0.3 is 0 Å². The van der Waals surface area contributed by atoms with Crippen LogP contribution in [-0.2, 0) is 4.79 Å². The molecule has 0 aliphatic carbocycles. The van der Waals surface area contributed by atoms with Crippen LogP contribution in [0.1, 0.15) is 6.92 Å². The first-order valence-corrected chi connectivity index (χ1v) is 2.97. The van der Waals surface area contributed by atoms with Crippen LogP contribution in [0.15, 0.2) is 5.18 Å². The van der Waals surface area contributed by atoms with Crippen molar-refractivity contribution in [3.05, 3.63) is 4.91 Å². The number of hydrogen-bond donors (Lipinski definition) is 2. The van der Waals surface area contributed by atoms with Crippen LogP contribution in [0.3, 0.4) is 0 Å². The maximum atomic E-state index is 10.6. The van der Waals surface area contributed by atoms with Gasteiger partial charge in [-0.25, -0.2) is 0 Å². The predicted molar refractivity (Wildman–Crippen MR) is 35.4 cm³/mol. The molecule has 5 nitrogen and oxygen atoms in total. The van der Waals surface area contributed by atoms with Crippen molar-refractivity contribution in [3.8, 4) is 0 Å². The lowest BCUT2D eigenvalue weighted by molar-refractivity contribution is -0.128. The van der Waals surface area contributed by atoms with Crippen molar-refractivity contribution in [2.45, 2.75) is 13.0 Å². The summed E-state index contributed by atoms with van der Waals surface area (Å²) in [6.07, 6.45) is -1.29. The first kappa shape index (κ1) is 9.03. The number of aliphatic hydroxyl groups excluding tert-OH is 1. The molecule has 0 bridgehead atoms. The van der Waals surface area contributed by atoms with Gasteiger partial charge in [0.05, 0.1) is 0 Å². The second-order valence-electron chi connectivity index (χ2n) is 1.72. The van der Waals surface area contributed by atoms with Gasteiger partial charge in [-0.15, -0.1) is 0 Å². The highest BCUT2D eigenvalue weighted by atomic mass is 16.3. The van der Waals surface area contributed by atoms with E-state index in [4.69, 9.17) is 5.11 Å². The molecular formula is C5H10N2O3. The van der Waals surface area contributed by atoms with Crippen molar-refractivity contribution in [1.82, 2.24) is 5.32 Å². The molecule has 0 heterocycles. The summed E-state index contributed by atoms with van der Waals surface area (Å²) in [4.78, 5) is 20.1. The van der Waals surface area contributed by atoms with E-state index in [1.54, 1.807) is 6.92 Å². The molecule has 0 radical (unpaired) electrons. The Kier molecular flexibility index (Phi) is 4.39. The number of carbonyl (C=O) groups is 1. The molecule has 1 unspecified atom stereocenters. The quantitative estimate of drug-likeness (QED) is 0.512. The first-order chi connectivity index (χ1) is 4.72. The molecule has 0 aromatic carbocycles. The van der Waals surface area contributed by atoms with Crippen LogP contribution in [0.4, 0.5) is 0 Å². The van der Waals surface area contributed by atoms with Gasteiger partial charge in [0.1, 0.15) is 6.54 Å². The molecule has 0 aliphatic heterocycles. The van der Waals surface area contributed by atoms with Crippen LogP contribution in [-0.4, -0.2) is 30.2 Å². The van der Waals surface area contributed by atoms with E-state index in [9.17, 15) is 9.70 Å². The summed E-state index contributed by atoms with van der Waals surface area (Å²) in [7, 11) is 0. The maximum Gasteiger partial charge on any atom is 0.250 e. The van der Waals surface area contributed by atoms with E-state index in [1.807, 2.05) is 0 Å². The Hall–Kier alpha value is -0.970. The molecule has 0 saturated carbocycles. The third-order valence-electron chi connectivity index (χ3n) is 0.901. The molecule has 0 aromatic rings. The predicted octanol–water partition coefficient (Wildman–Crippen LogP) is -0.750. The minimum absolute atomic E-state index is 0.383. The lowest BCUT2D eigenvalue weighted by Crippen LogP contribution is -2.35. The summed E-state index contributed by atoms with van der Waals surface area (Å²) >= 11 is 0. The highest BCUT2D eigenvalue weighted by Crippen LogP contribution is 1.82. The van der Waals surface area contributed by atoms with Crippen LogP contribution in [0.2, 0.25) is 0 Å². The number of nitrogens with zero attached hydrogens (tertiary/aromatic N) is 1. The van der Waals surface area contributed by atoms with Crippen LogP contribution in [0, 0.1) is 4.91 Å². The molecule has 1 amide bonds. The minimum Gasteiger partial charge on any atom is -0.381 e. The fourth-order valence-corrected chi connectivity index (χ4v) is 0.446. The zero-order valence-electron chi connectivity index (χ0n) is 5.70. The molecule has 5 heteroatoms. The van der Waals surface area contributed by atoms with Crippen molar-refractivity contribution in [2.24, 2.45) is 5.18 Å². The van der Waals surface area contributed by atoms with Crippen molar-refractivity contribution in [3.63, 3.8) is 0 Å². The zero-order chi connectivity index (χ0) is 7.98. The normalized spacial score (nSPS) is 12.2. The lowest BCUT2D eigenvalue weighted by Gasteiger charge is -2.04. The van der Waals surface area contributed by atoms with Gasteiger partial charge in [-0.2, -0.15) is 4.91 Å². The van der Waals surface area contributed by atoms with Gasteiger partial charge in [0, 0.05) is 6.54 Å². The van der Waals surface area contributed by atoms with Gasteiger partial charge in [0.2, 0.25) is 0 Å². The number of nitrogens with one attached hydrogen (secondary N) is 1. The SMILES string of the molecule is CCNC(=O)C(O)CN=O. The Bertz CT molecular complexity index is 126. The molecule has 1 atom stereocenters. The summed E-state index contributed by atoms with van der Waals surface area (Å²) in [6, 6.07) is 0. The standard InChI is InChI=1S/C5H10N2O3/c1-2-6-5(9)4(8)3-7-10/h4,8H,2-3H2,1H3,(H,6,9). The topological polar surface area (TPSA) is 78.8 Å². The van der Waals surface area contributed by atoms with E-state index >= 15 is 0 Å². The molecule has 2 N–H and O–H groups in total. The van der Waals surface area contributed by atoms with Crippen molar-refractivity contribution >= 4 is 5.91 Å². The average Bonchev–Trinajstić information content (AvgIpc) is 1.89. The molecule has 10 heavy (non-hydrogen) atoms. The van der Waals surface area contributed by atoms with Crippen molar-refractivity contribution < 1.29 is 9.90 Å². The van der Waals surface area contributed by atoms with E-state index in [0.717, 1.165) is 0 Å². The van der Waals surface area contributed by atoms with Crippen LogP contribution in [0.25, 0.3) is 0 Å². The molecular weight excluding hydrogens is 136 g/mol. The third kappa shape index (κ3) is 3.13. The number of carbonyl (C=O) groups excluding carboxylic acids is 1. The van der Waals surface area contributed by atoms with Crippen molar-refractivity contribution in [2.75, 3.05) is 13.1 Å². The van der Waals surface area contributed by atoms with Crippen LogP contribution >= 0.6 is 0 Å². The molecule has 0 saturated heterocycles. The highest BCUT2D eigenvalue weighted by molar-refractivity contribution is 5.80. The lowest BCUT2D eigenvalue weighted by atomic mass is 10.3. The molecule has 0 aliphatic rings. The molecule has 0 aromatic heterocycles. The Balaban J connectivity index is 3.58. The minimum atomic E-state index is -1.29. The number of rotatable bonds is 4. The highest BCUT2D eigenvalue weighted by Gasteiger charge is 2.12. The number of likely N-dealkylation sites (N-methyl/N-ethyl adjacent to an activating group) is 1. The van der Waals surface area contributed by atoms with E-state index < -0.39 is 12.0 Å². The number of hydrogen-bond acceptors (Lipinski definition) is 4. The number of amides is 1. The van der Waals surface area contributed by atoms with E-state index in [2.05, 4.69) is 10.5 Å². The molecule has 0 spiro atoms. The Labute approximate surface area is 58.4 Å². The molecule has 0 fully saturated rings. The maximum absolute atomic E-state index is 10.6. The largest absolute Gasteiger partial charge is 0.381 e. The van der Waals surface area contributed by atoms with Crippen LogP contribution < -0.4 is 5.32 Å². The Morgan fingerprint density at radius 3 is 2.80 bits per heavy atom. The Morgan fingerprint density at radius 1 is 1.80 bits per heavy atom. The summed E-state index contributed by atoms with van der Waals surface area (Å²) in [5.74, 6) is -0.554.